The molecule has 0 aliphatic heterocycles. The highest BCUT2D eigenvalue weighted by Gasteiger charge is 2.30. The molecule has 0 amide bonds. The number of hydrogen-bond donors (Lipinski definition) is 1. The van der Waals surface area contributed by atoms with Gasteiger partial charge >= 0.3 is 5.97 Å². The lowest BCUT2D eigenvalue weighted by atomic mass is 10.1. The van der Waals surface area contributed by atoms with Gasteiger partial charge < -0.3 is 10.5 Å². The second kappa shape index (κ2) is 6.45. The molecular formula is C11H12Cl3NO2. The lowest BCUT2D eigenvalue weighted by Gasteiger charge is -2.19. The summed E-state index contributed by atoms with van der Waals surface area (Å²) in [5.41, 5.74) is 6.60. The second-order valence-corrected chi connectivity index (χ2v) is 5.17. The summed E-state index contributed by atoms with van der Waals surface area (Å²) in [5.74, 6) is -0.903. The Morgan fingerprint density at radius 2 is 1.94 bits per heavy atom. The first kappa shape index (κ1) is 14.6. The van der Waals surface area contributed by atoms with Crippen LogP contribution in [0.1, 0.15) is 5.56 Å². The Labute approximate surface area is 115 Å². The molecule has 17 heavy (non-hydrogen) atoms. The largest absolute Gasteiger partial charge is 0.426 e. The topological polar surface area (TPSA) is 52.3 Å². The number of carbonyl (C=O) groups excluding carboxylic acids is 1. The highest BCUT2D eigenvalue weighted by Crippen LogP contribution is 2.24. The average Bonchev–Trinajstić information content (AvgIpc) is 2.30. The van der Waals surface area contributed by atoms with Crippen molar-refractivity contribution in [2.24, 2.45) is 5.73 Å². The maximum absolute atomic E-state index is 11.5. The fourth-order valence-electron chi connectivity index (χ4n) is 1.20. The zero-order valence-corrected chi connectivity index (χ0v) is 11.2. The van der Waals surface area contributed by atoms with E-state index in [0.717, 1.165) is 5.56 Å². The van der Waals surface area contributed by atoms with Gasteiger partial charge in [-0.25, -0.2) is 0 Å². The first-order valence-corrected chi connectivity index (χ1v) is 6.20. The third kappa shape index (κ3) is 5.13. The molecule has 6 heteroatoms. The van der Waals surface area contributed by atoms with Crippen molar-refractivity contribution in [2.45, 2.75) is 17.0 Å². The normalized spacial score (nSPS) is 13.2. The predicted molar refractivity (Wildman–Crippen MR) is 69.4 cm³/mol. The van der Waals surface area contributed by atoms with E-state index in [9.17, 15) is 4.79 Å². The molecule has 0 saturated carbocycles. The molecule has 3 nitrogen and oxygen atoms in total. The van der Waals surface area contributed by atoms with Crippen LogP contribution in [0.3, 0.4) is 0 Å². The zero-order chi connectivity index (χ0) is 12.9. The number of alkyl halides is 3. The number of esters is 1. The summed E-state index contributed by atoms with van der Waals surface area (Å²) in [7, 11) is 0. The van der Waals surface area contributed by atoms with Gasteiger partial charge in [-0.15, -0.1) is 11.6 Å². The van der Waals surface area contributed by atoms with Crippen LogP contribution in [0.15, 0.2) is 30.3 Å². The Hall–Kier alpha value is -0.480. The monoisotopic (exact) mass is 295 g/mol. The van der Waals surface area contributed by atoms with E-state index in [0.29, 0.717) is 6.42 Å². The number of hydrogen-bond acceptors (Lipinski definition) is 3. The van der Waals surface area contributed by atoms with Crippen LogP contribution >= 0.6 is 34.8 Å². The summed E-state index contributed by atoms with van der Waals surface area (Å²) in [5, 5.41) is 0. The van der Waals surface area contributed by atoms with Gasteiger partial charge in [0.2, 0.25) is 0 Å². The van der Waals surface area contributed by atoms with E-state index in [1.54, 1.807) is 0 Å². The third-order valence-electron chi connectivity index (χ3n) is 2.01. The molecule has 0 aromatic heterocycles. The van der Waals surface area contributed by atoms with Crippen molar-refractivity contribution in [3.8, 4) is 0 Å². The highest BCUT2D eigenvalue weighted by atomic mass is 35.5. The van der Waals surface area contributed by atoms with Crippen LogP contribution in [0.4, 0.5) is 0 Å². The van der Waals surface area contributed by atoms with Crippen molar-refractivity contribution in [3.05, 3.63) is 35.9 Å². The van der Waals surface area contributed by atoms with Crippen LogP contribution in [0.25, 0.3) is 0 Å². The zero-order valence-electron chi connectivity index (χ0n) is 8.91. The molecule has 0 heterocycles. The van der Waals surface area contributed by atoms with Gasteiger partial charge in [0.05, 0.1) is 5.88 Å². The number of rotatable bonds is 5. The Kier molecular flexibility index (Phi) is 5.53. The first-order chi connectivity index (χ1) is 7.94. The quantitative estimate of drug-likeness (QED) is 0.671. The van der Waals surface area contributed by atoms with Crippen molar-refractivity contribution >= 4 is 40.8 Å². The van der Waals surface area contributed by atoms with Crippen LogP contribution in [0.5, 0.6) is 0 Å². The number of ether oxygens (including phenoxy) is 1. The highest BCUT2D eigenvalue weighted by molar-refractivity contribution is 6.50. The fourth-order valence-corrected chi connectivity index (χ4v) is 1.41. The van der Waals surface area contributed by atoms with E-state index < -0.39 is 16.5 Å². The van der Waals surface area contributed by atoms with E-state index in [1.807, 2.05) is 30.3 Å². The maximum atomic E-state index is 11.5. The van der Waals surface area contributed by atoms with Crippen LogP contribution in [-0.2, 0) is 16.0 Å². The maximum Gasteiger partial charge on any atom is 0.325 e. The lowest BCUT2D eigenvalue weighted by molar-refractivity contribution is -0.148. The van der Waals surface area contributed by atoms with Crippen molar-refractivity contribution in [1.82, 2.24) is 0 Å². The van der Waals surface area contributed by atoms with Gasteiger partial charge in [0.25, 0.3) is 4.52 Å². The van der Waals surface area contributed by atoms with Crippen LogP contribution in [-0.4, -0.2) is 22.4 Å². The minimum absolute atomic E-state index is 0.222. The molecule has 0 bridgehead atoms. The molecule has 0 fully saturated rings. The molecule has 1 aromatic rings. The molecule has 0 unspecified atom stereocenters. The van der Waals surface area contributed by atoms with Gasteiger partial charge in [0, 0.05) is 0 Å². The van der Waals surface area contributed by atoms with E-state index in [4.69, 9.17) is 45.3 Å². The lowest BCUT2D eigenvalue weighted by Crippen LogP contribution is -2.38. The second-order valence-electron chi connectivity index (χ2n) is 3.49. The molecule has 1 aromatic carbocycles. The summed E-state index contributed by atoms with van der Waals surface area (Å²) >= 11 is 16.6. The van der Waals surface area contributed by atoms with Crippen molar-refractivity contribution in [2.75, 3.05) is 5.88 Å². The van der Waals surface area contributed by atoms with Crippen LogP contribution in [0.2, 0.25) is 0 Å². The van der Waals surface area contributed by atoms with E-state index in [-0.39, 0.29) is 5.88 Å². The summed E-state index contributed by atoms with van der Waals surface area (Å²) < 4.78 is 3.03. The van der Waals surface area contributed by atoms with Crippen LogP contribution < -0.4 is 5.73 Å². The Balaban J connectivity index is 2.54. The van der Waals surface area contributed by atoms with Crippen molar-refractivity contribution in [3.63, 3.8) is 0 Å². The predicted octanol–water partition coefficient (Wildman–Crippen LogP) is 2.47. The fraction of sp³-hybridized carbons (Fsp3) is 0.364. The smallest absolute Gasteiger partial charge is 0.325 e. The van der Waals surface area contributed by atoms with Gasteiger partial charge in [-0.05, 0) is 12.0 Å². The number of halogens is 3. The summed E-state index contributed by atoms with van der Waals surface area (Å²) in [4.78, 5) is 11.5. The minimum atomic E-state index is -1.73. The summed E-state index contributed by atoms with van der Waals surface area (Å²) in [6, 6.07) is 8.51. The molecule has 1 atom stereocenters. The SMILES string of the molecule is N[C@@H](Cc1ccccc1)C(=O)OC(Cl)(Cl)CCl. The molecular weight excluding hydrogens is 284 g/mol. The molecule has 0 spiro atoms. The van der Waals surface area contributed by atoms with Gasteiger partial charge in [-0.2, -0.15) is 0 Å². The molecule has 0 radical (unpaired) electrons. The average molecular weight is 297 g/mol. The van der Waals surface area contributed by atoms with Crippen molar-refractivity contribution < 1.29 is 9.53 Å². The number of nitrogens with two attached hydrogens (primary N) is 1. The van der Waals surface area contributed by atoms with Gasteiger partial charge in [0.1, 0.15) is 6.04 Å². The van der Waals surface area contributed by atoms with Gasteiger partial charge in [-0.1, -0.05) is 53.5 Å². The first-order valence-electron chi connectivity index (χ1n) is 4.91. The standard InChI is InChI=1S/C11H12Cl3NO2/c12-7-11(13,14)17-10(16)9(15)6-8-4-2-1-3-5-8/h1-5,9H,6-7,15H2/t9-/m0/s1. The number of benzene rings is 1. The van der Waals surface area contributed by atoms with Gasteiger partial charge in [-0.3, -0.25) is 4.79 Å². The molecule has 2 N–H and O–H groups in total. The number of carbonyl (C=O) groups is 1. The Morgan fingerprint density at radius 3 is 2.47 bits per heavy atom. The third-order valence-corrected chi connectivity index (χ3v) is 3.08. The molecule has 0 saturated heterocycles. The molecule has 0 aliphatic carbocycles. The summed E-state index contributed by atoms with van der Waals surface area (Å²) in [6.45, 7) is 0. The van der Waals surface area contributed by atoms with E-state index >= 15 is 0 Å². The Bertz CT molecular complexity index is 370. The van der Waals surface area contributed by atoms with Gasteiger partial charge in [0.15, 0.2) is 0 Å². The molecule has 94 valence electrons. The van der Waals surface area contributed by atoms with E-state index in [2.05, 4.69) is 0 Å². The van der Waals surface area contributed by atoms with Crippen LogP contribution in [0, 0.1) is 0 Å². The summed E-state index contributed by atoms with van der Waals surface area (Å²) in [6.07, 6.45) is 0.353. The van der Waals surface area contributed by atoms with E-state index in [1.165, 1.54) is 0 Å². The minimum Gasteiger partial charge on any atom is -0.426 e. The molecule has 0 aliphatic rings. The Morgan fingerprint density at radius 1 is 1.35 bits per heavy atom. The van der Waals surface area contributed by atoms with Crippen molar-refractivity contribution in [1.29, 1.82) is 0 Å². The molecule has 1 rings (SSSR count).